The van der Waals surface area contributed by atoms with E-state index in [1.54, 1.807) is 12.1 Å². The third kappa shape index (κ3) is 9.95. The summed E-state index contributed by atoms with van der Waals surface area (Å²) in [6.45, 7) is 6.19. The molecule has 11 nitrogen and oxygen atoms in total. The molecule has 1 saturated heterocycles. The highest BCUT2D eigenvalue weighted by Crippen LogP contribution is 2.38. The number of fused-ring (bicyclic) bond motifs is 1. The van der Waals surface area contributed by atoms with Crippen LogP contribution in [0.5, 0.6) is 11.5 Å². The first kappa shape index (κ1) is 36.6. The minimum absolute atomic E-state index is 0.0512. The predicted molar refractivity (Wildman–Crippen MR) is 195 cm³/mol. The van der Waals surface area contributed by atoms with Crippen molar-refractivity contribution in [3.63, 3.8) is 0 Å². The number of carbonyl (C=O) groups excluding carboxylic acids is 2. The molecule has 5 rings (SSSR count). The average Bonchev–Trinajstić information content (AvgIpc) is 3.78. The number of aromatic nitrogens is 2. The highest BCUT2D eigenvalue weighted by Gasteiger charge is 2.17. The van der Waals surface area contributed by atoms with E-state index < -0.39 is 11.8 Å². The second kappa shape index (κ2) is 17.8. The molecule has 1 atom stereocenters. The van der Waals surface area contributed by atoms with Gasteiger partial charge in [-0.05, 0) is 91.4 Å². The summed E-state index contributed by atoms with van der Waals surface area (Å²) >= 11 is 10.5. The maximum Gasteiger partial charge on any atom is 0.258 e. The first-order valence-corrected chi connectivity index (χ1v) is 17.8. The summed E-state index contributed by atoms with van der Waals surface area (Å²) < 4.78 is 15.0. The number of benzene rings is 3. The van der Waals surface area contributed by atoms with Gasteiger partial charge in [0.05, 0.1) is 29.9 Å². The van der Waals surface area contributed by atoms with Gasteiger partial charge in [0.25, 0.3) is 5.91 Å². The van der Waals surface area contributed by atoms with Crippen molar-refractivity contribution in [2.75, 3.05) is 39.4 Å². The molecule has 1 aliphatic heterocycles. The number of ether oxygens (including phenoxy) is 2. The van der Waals surface area contributed by atoms with Crippen LogP contribution in [0.25, 0.3) is 22.0 Å². The summed E-state index contributed by atoms with van der Waals surface area (Å²) in [7, 11) is 0. The Balaban J connectivity index is 1.30. The Kier molecular flexibility index (Phi) is 13.3. The van der Waals surface area contributed by atoms with Crippen molar-refractivity contribution in [1.29, 1.82) is 0 Å². The highest BCUT2D eigenvalue weighted by atomic mass is 79.9. The molecule has 49 heavy (non-hydrogen) atoms. The van der Waals surface area contributed by atoms with Crippen LogP contribution >= 0.6 is 27.5 Å². The van der Waals surface area contributed by atoms with Gasteiger partial charge in [0, 0.05) is 46.2 Å². The maximum absolute atomic E-state index is 12.2. The Hall–Kier alpha value is -3.68. The minimum atomic E-state index is -0.654. The van der Waals surface area contributed by atoms with Gasteiger partial charge >= 0.3 is 0 Å². The molecule has 1 aromatic heterocycles. The molecule has 4 aromatic rings. The van der Waals surface area contributed by atoms with Crippen molar-refractivity contribution in [3.05, 3.63) is 75.4 Å². The number of aryl methyl sites for hydroxylation is 1. The number of rotatable bonds is 18. The van der Waals surface area contributed by atoms with Crippen molar-refractivity contribution in [3.8, 4) is 22.6 Å². The smallest absolute Gasteiger partial charge is 0.258 e. The standard InChI is InChI=1S/C36H44BrClN6O5/c1-24(21-45)40-18-26-16-30(38)33(17-32(26)49-23-35(47)41-20-34(39)46)48-22-25-8-6-10-28(36(25)37)27-9-7-11-31-29(27)19-42-44(31)15-5-4-14-43-12-2-3-13-43/h6-11,16-17,19,24,40,45H,2-5,12-15,18,20-23H2,1H3,(H2,39,46)(H,41,47). The predicted octanol–water partition coefficient (Wildman–Crippen LogP) is 5.02. The van der Waals surface area contributed by atoms with E-state index in [-0.39, 0.29) is 32.4 Å². The Morgan fingerprint density at radius 2 is 1.80 bits per heavy atom. The molecular formula is C36H44BrClN6O5. The van der Waals surface area contributed by atoms with Gasteiger partial charge in [-0.15, -0.1) is 0 Å². The average molecular weight is 756 g/mol. The number of nitrogens with one attached hydrogen (secondary N) is 2. The molecule has 13 heteroatoms. The SMILES string of the molecule is CC(CO)NCc1cc(Cl)c(OCc2cccc(-c3cccc4c3cnn4CCCCN3CCCC3)c2Br)cc1OCC(=O)NCC(N)=O. The number of hydrogen-bond acceptors (Lipinski definition) is 8. The molecule has 0 aliphatic carbocycles. The number of hydrogen-bond donors (Lipinski definition) is 4. The fourth-order valence-corrected chi connectivity index (χ4v) is 6.70. The second-order valence-electron chi connectivity index (χ2n) is 12.3. The lowest BCUT2D eigenvalue weighted by atomic mass is 10.00. The zero-order valence-electron chi connectivity index (χ0n) is 27.7. The molecule has 2 amide bonds. The molecule has 3 aromatic carbocycles. The molecule has 1 aliphatic rings. The Labute approximate surface area is 300 Å². The fraction of sp³-hybridized carbons (Fsp3) is 0.417. The highest BCUT2D eigenvalue weighted by molar-refractivity contribution is 9.10. The summed E-state index contributed by atoms with van der Waals surface area (Å²) in [5.41, 5.74) is 9.92. The number of nitrogens with zero attached hydrogens (tertiary/aromatic N) is 3. The van der Waals surface area contributed by atoms with E-state index in [2.05, 4.69) is 60.4 Å². The van der Waals surface area contributed by atoms with E-state index in [0.29, 0.717) is 28.6 Å². The van der Waals surface area contributed by atoms with E-state index in [4.69, 9.17) is 31.9 Å². The summed E-state index contributed by atoms with van der Waals surface area (Å²) in [4.78, 5) is 25.8. The lowest BCUT2D eigenvalue weighted by Gasteiger charge is -2.18. The number of unbranched alkanes of at least 4 members (excludes halogenated alkanes) is 1. The minimum Gasteiger partial charge on any atom is -0.487 e. The van der Waals surface area contributed by atoms with Gasteiger partial charge in [-0.3, -0.25) is 14.3 Å². The molecule has 1 fully saturated rings. The van der Waals surface area contributed by atoms with Crippen LogP contribution in [0.4, 0.5) is 0 Å². The molecule has 2 heterocycles. The number of carbonyl (C=O) groups is 2. The van der Waals surface area contributed by atoms with Crippen LogP contribution in [-0.2, 0) is 29.3 Å². The number of nitrogens with two attached hydrogens (primary N) is 1. The Bertz CT molecular complexity index is 1740. The quantitative estimate of drug-likeness (QED) is 0.104. The van der Waals surface area contributed by atoms with Crippen LogP contribution in [0.1, 0.15) is 43.7 Å². The molecule has 262 valence electrons. The summed E-state index contributed by atoms with van der Waals surface area (Å²) in [5.74, 6) is -0.408. The van der Waals surface area contributed by atoms with Crippen LogP contribution < -0.4 is 25.8 Å². The normalized spacial score (nSPS) is 13.9. The van der Waals surface area contributed by atoms with Crippen molar-refractivity contribution in [1.82, 2.24) is 25.3 Å². The van der Waals surface area contributed by atoms with Crippen molar-refractivity contribution >= 4 is 50.2 Å². The number of amides is 2. The van der Waals surface area contributed by atoms with E-state index in [9.17, 15) is 14.7 Å². The van der Waals surface area contributed by atoms with Crippen LogP contribution in [0.2, 0.25) is 5.02 Å². The second-order valence-corrected chi connectivity index (χ2v) is 13.5. The lowest BCUT2D eigenvalue weighted by Crippen LogP contribution is -2.36. The van der Waals surface area contributed by atoms with Crippen molar-refractivity contribution < 1.29 is 24.2 Å². The van der Waals surface area contributed by atoms with Crippen molar-refractivity contribution in [2.24, 2.45) is 5.73 Å². The zero-order valence-corrected chi connectivity index (χ0v) is 30.1. The monoisotopic (exact) mass is 754 g/mol. The number of likely N-dealkylation sites (tertiary alicyclic amines) is 1. The number of aliphatic hydroxyl groups excluding tert-OH is 1. The van der Waals surface area contributed by atoms with Crippen molar-refractivity contribution in [2.45, 2.75) is 58.3 Å². The Morgan fingerprint density at radius 1 is 1.04 bits per heavy atom. The largest absolute Gasteiger partial charge is 0.487 e. The van der Waals surface area contributed by atoms with Crippen LogP contribution in [0, 0.1) is 0 Å². The first-order chi connectivity index (χ1) is 23.7. The first-order valence-electron chi connectivity index (χ1n) is 16.7. The van der Waals surface area contributed by atoms with Gasteiger partial charge in [0.2, 0.25) is 5.91 Å². The van der Waals surface area contributed by atoms with Gasteiger partial charge in [-0.1, -0.05) is 41.9 Å². The number of halogens is 2. The fourth-order valence-electron chi connectivity index (χ4n) is 5.86. The van der Waals surface area contributed by atoms with Gasteiger partial charge in [-0.2, -0.15) is 5.10 Å². The van der Waals surface area contributed by atoms with E-state index >= 15 is 0 Å². The Morgan fingerprint density at radius 3 is 2.57 bits per heavy atom. The van der Waals surface area contributed by atoms with E-state index in [1.807, 2.05) is 25.3 Å². The summed E-state index contributed by atoms with van der Waals surface area (Å²) in [6.07, 6.45) is 6.85. The molecular weight excluding hydrogens is 712 g/mol. The third-order valence-corrected chi connectivity index (χ3v) is 9.81. The zero-order chi connectivity index (χ0) is 34.8. The molecule has 0 bridgehead atoms. The molecule has 0 spiro atoms. The topological polar surface area (TPSA) is 144 Å². The summed E-state index contributed by atoms with van der Waals surface area (Å²) in [6, 6.07) is 15.5. The number of aliphatic hydroxyl groups is 1. The van der Waals surface area contributed by atoms with Crippen LogP contribution in [-0.4, -0.2) is 77.0 Å². The molecule has 1 unspecified atom stereocenters. The molecule has 5 N–H and O–H groups in total. The molecule has 0 radical (unpaired) electrons. The third-order valence-electron chi connectivity index (χ3n) is 8.58. The van der Waals surface area contributed by atoms with Gasteiger partial charge in [0.1, 0.15) is 18.1 Å². The summed E-state index contributed by atoms with van der Waals surface area (Å²) in [5, 5.41) is 21.2. The van der Waals surface area contributed by atoms with E-state index in [1.165, 1.54) is 32.4 Å². The van der Waals surface area contributed by atoms with Gasteiger partial charge in [-0.25, -0.2) is 0 Å². The maximum atomic E-state index is 12.2. The lowest BCUT2D eigenvalue weighted by molar-refractivity contribution is -0.126. The van der Waals surface area contributed by atoms with Gasteiger partial charge < -0.3 is 35.8 Å². The van der Waals surface area contributed by atoms with Crippen LogP contribution in [0.3, 0.4) is 0 Å². The number of primary amides is 1. The van der Waals surface area contributed by atoms with E-state index in [0.717, 1.165) is 51.6 Å². The molecule has 0 saturated carbocycles. The van der Waals surface area contributed by atoms with Gasteiger partial charge in [0.15, 0.2) is 6.61 Å². The van der Waals surface area contributed by atoms with Crippen LogP contribution in [0.15, 0.2) is 59.2 Å².